The van der Waals surface area contributed by atoms with Crippen molar-refractivity contribution in [2.24, 2.45) is 0 Å². The third kappa shape index (κ3) is 3.05. The van der Waals surface area contributed by atoms with Crippen LogP contribution in [-0.4, -0.2) is 39.8 Å². The summed E-state index contributed by atoms with van der Waals surface area (Å²) in [5.41, 5.74) is -0.345. The molecular formula is C11H10N4O5S. The van der Waals surface area contributed by atoms with E-state index in [0.29, 0.717) is 0 Å². The lowest BCUT2D eigenvalue weighted by atomic mass is 10.1. The molecule has 9 nitrogen and oxygen atoms in total. The molecule has 2 aromatic rings. The number of nitrogens with one attached hydrogen (secondary N) is 1. The maximum atomic E-state index is 12.2. The van der Waals surface area contributed by atoms with Crippen LogP contribution in [0.4, 0.5) is 5.95 Å². The van der Waals surface area contributed by atoms with Gasteiger partial charge in [0, 0.05) is 0 Å². The molecule has 0 atom stereocenters. The van der Waals surface area contributed by atoms with Gasteiger partial charge < -0.3 is 10.2 Å². The van der Waals surface area contributed by atoms with Crippen molar-refractivity contribution in [1.82, 2.24) is 15.2 Å². The maximum absolute atomic E-state index is 12.2. The van der Waals surface area contributed by atoms with Crippen LogP contribution in [0.2, 0.25) is 0 Å². The van der Waals surface area contributed by atoms with Crippen LogP contribution in [-0.2, 0) is 10.0 Å². The molecule has 1 aromatic carbocycles. The number of nitrogens with zero attached hydrogens (tertiary/aromatic N) is 3. The molecule has 21 heavy (non-hydrogen) atoms. The Kier molecular flexibility index (Phi) is 3.72. The summed E-state index contributed by atoms with van der Waals surface area (Å²) in [6.07, 6.45) is 2.52. The number of hydrogen-bond donors (Lipinski definition) is 3. The molecule has 0 saturated carbocycles. The molecule has 0 bridgehead atoms. The second-order valence-corrected chi connectivity index (χ2v) is 5.66. The van der Waals surface area contributed by atoms with Gasteiger partial charge in [-0.15, -0.1) is 5.10 Å². The number of rotatable bonds is 4. The van der Waals surface area contributed by atoms with Gasteiger partial charge in [-0.2, -0.15) is 5.10 Å². The molecule has 2 rings (SSSR count). The van der Waals surface area contributed by atoms with Crippen LogP contribution in [0.15, 0.2) is 29.4 Å². The van der Waals surface area contributed by atoms with E-state index >= 15 is 0 Å². The highest BCUT2D eigenvalue weighted by molar-refractivity contribution is 7.92. The summed E-state index contributed by atoms with van der Waals surface area (Å²) >= 11 is 0. The minimum Gasteiger partial charge on any atom is -0.507 e. The Bertz CT molecular complexity index is 792. The van der Waals surface area contributed by atoms with Gasteiger partial charge in [-0.05, 0) is 24.6 Å². The fourth-order valence-electron chi connectivity index (χ4n) is 1.60. The Morgan fingerprint density at radius 1 is 1.29 bits per heavy atom. The number of aryl methyl sites for hydroxylation is 1. The summed E-state index contributed by atoms with van der Waals surface area (Å²) < 4.78 is 26.5. The van der Waals surface area contributed by atoms with Crippen molar-refractivity contribution in [3.8, 4) is 5.75 Å². The molecule has 0 unspecified atom stereocenters. The Balaban J connectivity index is 2.50. The maximum Gasteiger partial charge on any atom is 0.339 e. The molecular weight excluding hydrogens is 300 g/mol. The Morgan fingerprint density at radius 3 is 2.57 bits per heavy atom. The normalized spacial score (nSPS) is 11.1. The molecule has 110 valence electrons. The second-order valence-electron chi connectivity index (χ2n) is 4.01. The molecule has 0 radical (unpaired) electrons. The van der Waals surface area contributed by atoms with Crippen LogP contribution in [0.1, 0.15) is 15.9 Å². The molecule has 3 N–H and O–H groups in total. The average molecular weight is 310 g/mol. The lowest BCUT2D eigenvalue weighted by molar-refractivity contribution is 0.0693. The standard InChI is InChI=1S/C11H10N4O5S/c1-6-4-8(16)7(10(17)18)5-9(6)21(19,20)15-11-12-2-3-13-14-11/h2-5,16H,1H3,(H,17,18)(H,12,14,15). The Morgan fingerprint density at radius 2 is 2.00 bits per heavy atom. The highest BCUT2D eigenvalue weighted by atomic mass is 32.2. The number of aromatic nitrogens is 3. The van der Waals surface area contributed by atoms with Gasteiger partial charge >= 0.3 is 5.97 Å². The first-order chi connectivity index (χ1) is 9.81. The summed E-state index contributed by atoms with van der Waals surface area (Å²) in [6, 6.07) is 1.92. The number of anilines is 1. The van der Waals surface area contributed by atoms with E-state index in [-0.39, 0.29) is 16.4 Å². The quantitative estimate of drug-likeness (QED) is 0.735. The monoisotopic (exact) mass is 310 g/mol. The summed E-state index contributed by atoms with van der Waals surface area (Å²) in [5.74, 6) is -2.21. The zero-order valence-corrected chi connectivity index (χ0v) is 11.5. The SMILES string of the molecule is Cc1cc(O)c(C(=O)O)cc1S(=O)(=O)Nc1nccnn1. The van der Waals surface area contributed by atoms with Gasteiger partial charge in [0.15, 0.2) is 0 Å². The van der Waals surface area contributed by atoms with E-state index in [9.17, 15) is 18.3 Å². The van der Waals surface area contributed by atoms with Crippen molar-refractivity contribution in [2.75, 3.05) is 4.72 Å². The molecule has 0 amide bonds. The fraction of sp³-hybridized carbons (Fsp3) is 0.0909. The minimum atomic E-state index is -4.11. The predicted molar refractivity (Wildman–Crippen MR) is 70.4 cm³/mol. The zero-order valence-electron chi connectivity index (χ0n) is 10.7. The summed E-state index contributed by atoms with van der Waals surface area (Å²) in [6.45, 7) is 1.42. The number of carbonyl (C=O) groups is 1. The van der Waals surface area contributed by atoms with E-state index in [1.807, 2.05) is 0 Å². The first-order valence-corrected chi connectivity index (χ1v) is 7.03. The minimum absolute atomic E-state index is 0.175. The number of sulfonamides is 1. The van der Waals surface area contributed by atoms with E-state index < -0.39 is 27.3 Å². The highest BCUT2D eigenvalue weighted by Gasteiger charge is 2.22. The first-order valence-electron chi connectivity index (χ1n) is 5.54. The first kappa shape index (κ1) is 14.7. The molecule has 0 spiro atoms. The number of benzene rings is 1. The average Bonchev–Trinajstić information content (AvgIpc) is 2.38. The van der Waals surface area contributed by atoms with Gasteiger partial charge in [-0.25, -0.2) is 22.9 Å². The fourth-order valence-corrected chi connectivity index (χ4v) is 2.80. The molecule has 0 aliphatic carbocycles. The molecule has 0 aliphatic rings. The molecule has 1 aromatic heterocycles. The molecule has 0 saturated heterocycles. The smallest absolute Gasteiger partial charge is 0.339 e. The van der Waals surface area contributed by atoms with Crippen molar-refractivity contribution >= 4 is 21.9 Å². The summed E-state index contributed by atoms with van der Waals surface area (Å²) in [5, 5.41) is 25.4. The van der Waals surface area contributed by atoms with Crippen LogP contribution < -0.4 is 4.72 Å². The third-order valence-corrected chi connectivity index (χ3v) is 3.99. The van der Waals surface area contributed by atoms with Gasteiger partial charge in [-0.1, -0.05) is 0 Å². The second kappa shape index (κ2) is 5.32. The van der Waals surface area contributed by atoms with Gasteiger partial charge in [0.2, 0.25) is 0 Å². The lowest BCUT2D eigenvalue weighted by Gasteiger charge is -2.10. The Labute approximate surface area is 119 Å². The van der Waals surface area contributed by atoms with E-state index in [1.54, 1.807) is 0 Å². The molecule has 1 heterocycles. The largest absolute Gasteiger partial charge is 0.507 e. The summed E-state index contributed by atoms with van der Waals surface area (Å²) in [7, 11) is -4.11. The van der Waals surface area contributed by atoms with Crippen molar-refractivity contribution < 1.29 is 23.4 Å². The molecule has 10 heteroatoms. The van der Waals surface area contributed by atoms with Crippen molar-refractivity contribution in [2.45, 2.75) is 11.8 Å². The van der Waals surface area contributed by atoms with Crippen LogP contribution >= 0.6 is 0 Å². The lowest BCUT2D eigenvalue weighted by Crippen LogP contribution is -2.17. The molecule has 0 fully saturated rings. The predicted octanol–water partition coefficient (Wildman–Crippen LogP) is 0.385. The van der Waals surface area contributed by atoms with E-state index in [1.165, 1.54) is 19.3 Å². The van der Waals surface area contributed by atoms with Crippen LogP contribution in [0.25, 0.3) is 0 Å². The van der Waals surface area contributed by atoms with Crippen LogP contribution in [0.5, 0.6) is 5.75 Å². The van der Waals surface area contributed by atoms with Crippen LogP contribution in [0.3, 0.4) is 0 Å². The van der Waals surface area contributed by atoms with Gasteiger partial charge in [0.05, 0.1) is 17.3 Å². The van der Waals surface area contributed by atoms with E-state index in [4.69, 9.17) is 5.11 Å². The molecule has 0 aliphatic heterocycles. The van der Waals surface area contributed by atoms with Crippen LogP contribution in [0, 0.1) is 6.92 Å². The van der Waals surface area contributed by atoms with Gasteiger partial charge in [0.1, 0.15) is 11.3 Å². The van der Waals surface area contributed by atoms with Crippen molar-refractivity contribution in [3.63, 3.8) is 0 Å². The van der Waals surface area contributed by atoms with Crippen molar-refractivity contribution in [1.29, 1.82) is 0 Å². The number of hydrogen-bond acceptors (Lipinski definition) is 7. The number of aromatic carboxylic acids is 1. The van der Waals surface area contributed by atoms with E-state index in [2.05, 4.69) is 19.9 Å². The number of carboxylic acids is 1. The Hall–Kier alpha value is -2.75. The van der Waals surface area contributed by atoms with Gasteiger partial charge in [-0.3, -0.25) is 0 Å². The van der Waals surface area contributed by atoms with Crippen molar-refractivity contribution in [3.05, 3.63) is 35.7 Å². The third-order valence-electron chi connectivity index (χ3n) is 2.52. The topological polar surface area (TPSA) is 142 Å². The van der Waals surface area contributed by atoms with Gasteiger partial charge in [0.25, 0.3) is 16.0 Å². The summed E-state index contributed by atoms with van der Waals surface area (Å²) in [4.78, 5) is 14.3. The number of carboxylic acid groups (broad SMARTS) is 1. The highest BCUT2D eigenvalue weighted by Crippen LogP contribution is 2.26. The number of aromatic hydroxyl groups is 1. The van der Waals surface area contributed by atoms with E-state index in [0.717, 1.165) is 12.1 Å². The zero-order chi connectivity index (χ0) is 15.6. The number of phenols is 1.